The van der Waals surface area contributed by atoms with Gasteiger partial charge in [-0.1, -0.05) is 12.8 Å². The van der Waals surface area contributed by atoms with Gasteiger partial charge in [0.25, 0.3) is 0 Å². The number of hydrogen-bond acceptors (Lipinski definition) is 7. The van der Waals surface area contributed by atoms with Crippen molar-refractivity contribution in [3.8, 4) is 11.5 Å². The largest absolute Gasteiger partial charge is 0.486 e. The number of sulfonamides is 1. The summed E-state index contributed by atoms with van der Waals surface area (Å²) in [5, 5.41) is 5.22. The first-order chi connectivity index (χ1) is 14.9. The van der Waals surface area contributed by atoms with Crippen LogP contribution in [0.4, 0.5) is 0 Å². The molecule has 11 heteroatoms. The number of benzene rings is 1. The summed E-state index contributed by atoms with van der Waals surface area (Å²) in [7, 11) is -3.91. The number of nitrogens with zero attached hydrogens (tertiary/aromatic N) is 1. The van der Waals surface area contributed by atoms with Crippen molar-refractivity contribution >= 4 is 21.8 Å². The van der Waals surface area contributed by atoms with E-state index in [-0.39, 0.29) is 24.0 Å². The van der Waals surface area contributed by atoms with Gasteiger partial charge in [0.2, 0.25) is 10.0 Å². The summed E-state index contributed by atoms with van der Waals surface area (Å²) in [6.45, 7) is 1.24. The smallest absolute Gasteiger partial charge is 0.309 e. The third kappa shape index (κ3) is 4.94. The highest BCUT2D eigenvalue weighted by Gasteiger charge is 2.35. The minimum absolute atomic E-state index is 0.0243. The summed E-state index contributed by atoms with van der Waals surface area (Å²) in [5.74, 6) is -0.627. The van der Waals surface area contributed by atoms with E-state index >= 15 is 0 Å². The second-order valence-corrected chi connectivity index (χ2v) is 9.66. The van der Waals surface area contributed by atoms with Gasteiger partial charge in [0.15, 0.2) is 11.5 Å². The summed E-state index contributed by atoms with van der Waals surface area (Å²) in [4.78, 5) is 24.3. The lowest BCUT2D eigenvalue weighted by atomic mass is 10.2. The van der Waals surface area contributed by atoms with E-state index in [0.717, 1.165) is 25.7 Å². The van der Waals surface area contributed by atoms with E-state index in [9.17, 15) is 18.0 Å². The molecule has 1 unspecified atom stereocenters. The summed E-state index contributed by atoms with van der Waals surface area (Å²) in [5.41, 5.74) is 0. The lowest BCUT2D eigenvalue weighted by Crippen LogP contribution is -2.53. The molecular weight excluding hydrogens is 426 g/mol. The summed E-state index contributed by atoms with van der Waals surface area (Å²) in [6.07, 6.45) is 3.43. The fraction of sp³-hybridized carbons (Fsp3) is 0.600. The van der Waals surface area contributed by atoms with Crippen LogP contribution < -0.4 is 20.1 Å². The molecule has 2 N–H and O–H groups in total. The van der Waals surface area contributed by atoms with Crippen molar-refractivity contribution < 1.29 is 32.2 Å². The number of nitrogens with one attached hydrogen (secondary N) is 2. The number of hydrogen-bond donors (Lipinski definition) is 2. The van der Waals surface area contributed by atoms with E-state index in [0.29, 0.717) is 37.7 Å². The second kappa shape index (κ2) is 9.41. The Bertz CT molecular complexity index is 931. The van der Waals surface area contributed by atoms with Crippen LogP contribution in [0.3, 0.4) is 0 Å². The molecule has 1 saturated carbocycles. The van der Waals surface area contributed by atoms with Crippen molar-refractivity contribution in [2.75, 3.05) is 32.9 Å². The van der Waals surface area contributed by atoms with Crippen LogP contribution in [0.5, 0.6) is 11.5 Å². The van der Waals surface area contributed by atoms with Crippen molar-refractivity contribution in [2.24, 2.45) is 0 Å². The van der Waals surface area contributed by atoms with Crippen LogP contribution in [0.25, 0.3) is 0 Å². The second-order valence-electron chi connectivity index (χ2n) is 7.77. The van der Waals surface area contributed by atoms with Gasteiger partial charge in [-0.05, 0) is 31.4 Å². The Hall–Kier alpha value is -2.37. The molecule has 10 nitrogen and oxygen atoms in total. The van der Waals surface area contributed by atoms with Gasteiger partial charge in [-0.15, -0.1) is 0 Å². The zero-order valence-electron chi connectivity index (χ0n) is 17.2. The molecule has 1 aromatic rings. The van der Waals surface area contributed by atoms with E-state index in [2.05, 4.69) is 10.6 Å². The predicted molar refractivity (Wildman–Crippen MR) is 109 cm³/mol. The third-order valence-corrected chi connectivity index (χ3v) is 7.49. The predicted octanol–water partition coefficient (Wildman–Crippen LogP) is 0.370. The molecule has 31 heavy (non-hydrogen) atoms. The monoisotopic (exact) mass is 453 g/mol. The first kappa shape index (κ1) is 21.8. The van der Waals surface area contributed by atoms with Crippen molar-refractivity contribution in [1.82, 2.24) is 14.9 Å². The average Bonchev–Trinajstić information content (AvgIpc) is 3.30. The fourth-order valence-electron chi connectivity index (χ4n) is 4.00. The number of amides is 2. The minimum Gasteiger partial charge on any atom is -0.486 e. The van der Waals surface area contributed by atoms with E-state index in [1.54, 1.807) is 6.07 Å². The number of carbonyl (C=O) groups excluding carboxylic acids is 2. The highest BCUT2D eigenvalue weighted by Crippen LogP contribution is 2.34. The maximum Gasteiger partial charge on any atom is 0.309 e. The van der Waals surface area contributed by atoms with Crippen LogP contribution in [0.15, 0.2) is 23.1 Å². The molecular formula is C20H27N3O7S. The molecule has 0 bridgehead atoms. The topological polar surface area (TPSA) is 123 Å². The Kier molecular flexibility index (Phi) is 6.63. The molecule has 4 rings (SSSR count). The van der Waals surface area contributed by atoms with Gasteiger partial charge < -0.3 is 24.8 Å². The molecule has 170 valence electrons. The highest BCUT2D eigenvalue weighted by atomic mass is 32.2. The average molecular weight is 454 g/mol. The van der Waals surface area contributed by atoms with Crippen molar-refractivity contribution in [3.05, 3.63) is 18.2 Å². The van der Waals surface area contributed by atoms with Gasteiger partial charge in [-0.3, -0.25) is 9.59 Å². The van der Waals surface area contributed by atoms with Crippen LogP contribution in [0, 0.1) is 0 Å². The molecule has 1 atom stereocenters. The lowest BCUT2D eigenvalue weighted by Gasteiger charge is -2.34. The molecule has 2 heterocycles. The summed E-state index contributed by atoms with van der Waals surface area (Å²) >= 11 is 0. The number of rotatable bonds is 5. The van der Waals surface area contributed by atoms with E-state index < -0.39 is 28.1 Å². The number of fused-ring (bicyclic) bond motifs is 1. The van der Waals surface area contributed by atoms with Crippen LogP contribution in [0.1, 0.15) is 32.1 Å². The molecule has 2 fully saturated rings. The third-order valence-electron chi connectivity index (χ3n) is 5.61. The van der Waals surface area contributed by atoms with Gasteiger partial charge in [0.05, 0.1) is 18.0 Å². The summed E-state index contributed by atoms with van der Waals surface area (Å²) < 4.78 is 44.3. The highest BCUT2D eigenvalue weighted by molar-refractivity contribution is 7.89. The maximum atomic E-state index is 13.2. The maximum absolute atomic E-state index is 13.2. The zero-order valence-corrected chi connectivity index (χ0v) is 18.0. The van der Waals surface area contributed by atoms with Crippen LogP contribution >= 0.6 is 0 Å². The number of carbonyl (C=O) groups is 2. The molecule has 0 aromatic heterocycles. The van der Waals surface area contributed by atoms with Gasteiger partial charge >= 0.3 is 11.8 Å². The van der Waals surface area contributed by atoms with E-state index in [1.165, 1.54) is 16.4 Å². The standard InChI is InChI=1S/C20H27N3O7S/c24-19(20(25)22-14-4-1-2-5-14)21-13-18-23(8-3-9-30-18)31(26,27)15-6-7-16-17(12-15)29-11-10-28-16/h6-7,12,14,18H,1-5,8-11,13H2,(H,21,24)(H,22,25). The SMILES string of the molecule is O=C(NCC1OCCCN1S(=O)(=O)c1ccc2c(c1)OCCO2)C(=O)NC1CCCC1. The van der Waals surface area contributed by atoms with Gasteiger partial charge in [-0.2, -0.15) is 4.31 Å². The summed E-state index contributed by atoms with van der Waals surface area (Å²) in [6, 6.07) is 4.48. The normalized spacial score (nSPS) is 22.1. The van der Waals surface area contributed by atoms with Gasteiger partial charge in [0, 0.05) is 18.7 Å². The van der Waals surface area contributed by atoms with Crippen LogP contribution in [-0.2, 0) is 24.3 Å². The Morgan fingerprint density at radius 2 is 1.74 bits per heavy atom. The molecule has 1 aromatic carbocycles. The van der Waals surface area contributed by atoms with Gasteiger partial charge in [0.1, 0.15) is 19.4 Å². The Morgan fingerprint density at radius 3 is 2.52 bits per heavy atom. The first-order valence-electron chi connectivity index (χ1n) is 10.6. The molecule has 1 saturated heterocycles. The molecule has 2 aliphatic heterocycles. The van der Waals surface area contributed by atoms with Crippen LogP contribution in [0.2, 0.25) is 0 Å². The molecule has 1 aliphatic carbocycles. The van der Waals surface area contributed by atoms with Crippen molar-refractivity contribution in [1.29, 1.82) is 0 Å². The fourth-order valence-corrected chi connectivity index (χ4v) is 5.58. The number of ether oxygens (including phenoxy) is 3. The first-order valence-corrected chi connectivity index (χ1v) is 12.0. The van der Waals surface area contributed by atoms with E-state index in [1.807, 2.05) is 0 Å². The molecule has 3 aliphatic rings. The Morgan fingerprint density at radius 1 is 1.00 bits per heavy atom. The zero-order chi connectivity index (χ0) is 21.8. The van der Waals surface area contributed by atoms with Crippen molar-refractivity contribution in [3.63, 3.8) is 0 Å². The molecule has 2 amide bonds. The van der Waals surface area contributed by atoms with Crippen LogP contribution in [-0.4, -0.2) is 69.7 Å². The Balaban J connectivity index is 1.41. The molecule has 0 spiro atoms. The van der Waals surface area contributed by atoms with Gasteiger partial charge in [-0.25, -0.2) is 8.42 Å². The van der Waals surface area contributed by atoms with E-state index in [4.69, 9.17) is 14.2 Å². The minimum atomic E-state index is -3.91. The Labute approximate surface area is 181 Å². The quantitative estimate of drug-likeness (QED) is 0.618. The lowest BCUT2D eigenvalue weighted by molar-refractivity contribution is -0.140. The van der Waals surface area contributed by atoms with Crippen molar-refractivity contribution in [2.45, 2.75) is 49.3 Å². The molecule has 0 radical (unpaired) electrons.